The van der Waals surface area contributed by atoms with Crippen molar-refractivity contribution >= 4 is 0 Å². The van der Waals surface area contributed by atoms with Crippen LogP contribution >= 0.6 is 0 Å². The maximum atomic E-state index is 13.4. The van der Waals surface area contributed by atoms with E-state index >= 15 is 0 Å². The van der Waals surface area contributed by atoms with Gasteiger partial charge in [-0.3, -0.25) is 0 Å². The molecule has 1 aliphatic rings. The van der Waals surface area contributed by atoms with Gasteiger partial charge in [-0.25, -0.2) is 4.39 Å². The largest absolute Gasteiger partial charge is 0.486 e. The van der Waals surface area contributed by atoms with E-state index in [2.05, 4.69) is 20.8 Å². The Balaban J connectivity index is 2.58. The van der Waals surface area contributed by atoms with E-state index < -0.39 is 0 Å². The Morgan fingerprint density at radius 1 is 1.07 bits per heavy atom. The van der Waals surface area contributed by atoms with E-state index in [0.29, 0.717) is 19.0 Å². The number of benzene rings is 1. The van der Waals surface area contributed by atoms with Crippen molar-refractivity contribution in [2.75, 3.05) is 13.2 Å². The van der Waals surface area contributed by atoms with Crippen LogP contribution in [0, 0.1) is 5.82 Å². The maximum Gasteiger partial charge on any atom is 0.197 e. The molecule has 0 fully saturated rings. The van der Waals surface area contributed by atoms with Crippen molar-refractivity contribution in [2.45, 2.75) is 26.2 Å². The van der Waals surface area contributed by atoms with Gasteiger partial charge in [0.1, 0.15) is 13.2 Å². The Morgan fingerprint density at radius 3 is 2.27 bits per heavy atom. The molecule has 2 nitrogen and oxygen atoms in total. The van der Waals surface area contributed by atoms with Crippen molar-refractivity contribution in [2.24, 2.45) is 0 Å². The average Bonchev–Trinajstić information content (AvgIpc) is 2.17. The van der Waals surface area contributed by atoms with Crippen LogP contribution in [-0.4, -0.2) is 13.2 Å². The van der Waals surface area contributed by atoms with Crippen LogP contribution in [0.25, 0.3) is 0 Å². The molecule has 0 saturated heterocycles. The van der Waals surface area contributed by atoms with E-state index in [1.165, 1.54) is 6.07 Å². The van der Waals surface area contributed by atoms with Gasteiger partial charge >= 0.3 is 0 Å². The van der Waals surface area contributed by atoms with Gasteiger partial charge in [0.15, 0.2) is 17.3 Å². The zero-order valence-electron chi connectivity index (χ0n) is 9.26. The highest BCUT2D eigenvalue weighted by Gasteiger charge is 2.26. The Kier molecular flexibility index (Phi) is 2.33. The molecular weight excluding hydrogens is 195 g/mol. The second-order valence-electron chi connectivity index (χ2n) is 4.70. The van der Waals surface area contributed by atoms with E-state index in [1.54, 1.807) is 6.07 Å². The van der Waals surface area contributed by atoms with Crippen LogP contribution in [0.4, 0.5) is 4.39 Å². The summed E-state index contributed by atoms with van der Waals surface area (Å²) < 4.78 is 24.2. The minimum atomic E-state index is -0.349. The predicted molar refractivity (Wildman–Crippen MR) is 56.1 cm³/mol. The van der Waals surface area contributed by atoms with Crippen molar-refractivity contribution in [3.63, 3.8) is 0 Å². The second kappa shape index (κ2) is 3.40. The molecule has 0 spiro atoms. The number of ether oxygens (including phenoxy) is 2. The lowest BCUT2D eigenvalue weighted by molar-refractivity contribution is 0.161. The molecule has 3 heteroatoms. The van der Waals surface area contributed by atoms with Gasteiger partial charge in [0, 0.05) is 5.56 Å². The third kappa shape index (κ3) is 1.78. The fraction of sp³-hybridized carbons (Fsp3) is 0.500. The summed E-state index contributed by atoms with van der Waals surface area (Å²) >= 11 is 0. The van der Waals surface area contributed by atoms with Crippen LogP contribution < -0.4 is 9.47 Å². The first kappa shape index (κ1) is 10.3. The number of fused-ring (bicyclic) bond motifs is 1. The maximum absolute atomic E-state index is 13.4. The summed E-state index contributed by atoms with van der Waals surface area (Å²) in [5.41, 5.74) is 0.914. The smallest absolute Gasteiger partial charge is 0.197 e. The first-order chi connectivity index (χ1) is 7.00. The van der Waals surface area contributed by atoms with Crippen LogP contribution in [0.5, 0.6) is 11.5 Å². The van der Waals surface area contributed by atoms with Crippen LogP contribution in [0.2, 0.25) is 0 Å². The van der Waals surface area contributed by atoms with E-state index in [9.17, 15) is 4.39 Å². The lowest BCUT2D eigenvalue weighted by atomic mass is 9.86. The number of halogens is 1. The van der Waals surface area contributed by atoms with Crippen molar-refractivity contribution in [1.82, 2.24) is 0 Å². The van der Waals surface area contributed by atoms with Gasteiger partial charge in [-0.2, -0.15) is 0 Å². The third-order valence-electron chi connectivity index (χ3n) is 2.45. The van der Waals surface area contributed by atoms with Gasteiger partial charge in [0.25, 0.3) is 0 Å². The number of rotatable bonds is 0. The zero-order valence-corrected chi connectivity index (χ0v) is 9.26. The van der Waals surface area contributed by atoms with Crippen molar-refractivity contribution in [1.29, 1.82) is 0 Å². The molecule has 1 aromatic carbocycles. The second-order valence-corrected chi connectivity index (χ2v) is 4.70. The van der Waals surface area contributed by atoms with Gasteiger partial charge in [-0.15, -0.1) is 0 Å². The van der Waals surface area contributed by atoms with Gasteiger partial charge in [0.05, 0.1) is 0 Å². The molecule has 0 atom stereocenters. The molecule has 82 valence electrons. The quantitative estimate of drug-likeness (QED) is 0.655. The van der Waals surface area contributed by atoms with Gasteiger partial charge < -0.3 is 9.47 Å². The summed E-state index contributed by atoms with van der Waals surface area (Å²) in [6.07, 6.45) is 0. The molecule has 0 N–H and O–H groups in total. The molecule has 1 aliphatic heterocycles. The normalized spacial score (nSPS) is 15.2. The molecule has 0 aliphatic carbocycles. The van der Waals surface area contributed by atoms with Crippen molar-refractivity contribution < 1.29 is 13.9 Å². The van der Waals surface area contributed by atoms with Gasteiger partial charge in [-0.1, -0.05) is 26.8 Å². The van der Waals surface area contributed by atoms with Crippen LogP contribution in [0.15, 0.2) is 12.1 Å². The Labute approximate surface area is 89.0 Å². The molecule has 2 rings (SSSR count). The van der Waals surface area contributed by atoms with E-state index in [4.69, 9.17) is 9.47 Å². The monoisotopic (exact) mass is 210 g/mol. The summed E-state index contributed by atoms with van der Waals surface area (Å²) in [7, 11) is 0. The van der Waals surface area contributed by atoms with Crippen molar-refractivity contribution in [3.05, 3.63) is 23.5 Å². The minimum Gasteiger partial charge on any atom is -0.486 e. The topological polar surface area (TPSA) is 18.5 Å². The van der Waals surface area contributed by atoms with E-state index in [-0.39, 0.29) is 17.0 Å². The molecule has 0 aromatic heterocycles. The van der Waals surface area contributed by atoms with E-state index in [1.807, 2.05) is 0 Å². The molecular formula is C12H15FO2. The predicted octanol–water partition coefficient (Wildman–Crippen LogP) is 2.89. The average molecular weight is 210 g/mol. The molecule has 0 bridgehead atoms. The Morgan fingerprint density at radius 2 is 1.67 bits per heavy atom. The van der Waals surface area contributed by atoms with E-state index in [0.717, 1.165) is 5.56 Å². The Bertz CT molecular complexity index is 380. The van der Waals surface area contributed by atoms with Gasteiger partial charge in [0.2, 0.25) is 0 Å². The summed E-state index contributed by atoms with van der Waals surface area (Å²) in [5, 5.41) is 0. The molecule has 1 aromatic rings. The zero-order chi connectivity index (χ0) is 11.1. The van der Waals surface area contributed by atoms with Crippen LogP contribution in [0.1, 0.15) is 26.3 Å². The SMILES string of the molecule is CC(C)(C)c1ccc(F)c2c1OCCO2. The fourth-order valence-corrected chi connectivity index (χ4v) is 1.69. The molecule has 0 saturated carbocycles. The van der Waals surface area contributed by atoms with Crippen molar-refractivity contribution in [3.8, 4) is 11.5 Å². The highest BCUT2D eigenvalue weighted by molar-refractivity contribution is 5.51. The summed E-state index contributed by atoms with van der Waals surface area (Å²) in [4.78, 5) is 0. The number of hydrogen-bond donors (Lipinski definition) is 0. The standard InChI is InChI=1S/C12H15FO2/c1-12(2,3)8-4-5-9(13)11-10(8)14-6-7-15-11/h4-5H,6-7H2,1-3H3. The summed E-state index contributed by atoms with van der Waals surface area (Å²) in [6.45, 7) is 7.10. The lowest BCUT2D eigenvalue weighted by Gasteiger charge is -2.27. The molecule has 0 amide bonds. The summed E-state index contributed by atoms with van der Waals surface area (Å²) in [5.74, 6) is 0.472. The Hall–Kier alpha value is -1.25. The fourth-order valence-electron chi connectivity index (χ4n) is 1.69. The van der Waals surface area contributed by atoms with Crippen LogP contribution in [-0.2, 0) is 5.41 Å². The molecule has 0 unspecified atom stereocenters. The van der Waals surface area contributed by atoms with Crippen LogP contribution in [0.3, 0.4) is 0 Å². The minimum absolute atomic E-state index is 0.0709. The first-order valence-electron chi connectivity index (χ1n) is 5.09. The molecule has 15 heavy (non-hydrogen) atoms. The lowest BCUT2D eigenvalue weighted by Crippen LogP contribution is -2.21. The van der Waals surface area contributed by atoms with Gasteiger partial charge in [-0.05, 0) is 11.5 Å². The molecule has 1 heterocycles. The first-order valence-corrected chi connectivity index (χ1v) is 5.09. The number of hydrogen-bond acceptors (Lipinski definition) is 2. The molecule has 0 radical (unpaired) electrons. The summed E-state index contributed by atoms with van der Waals surface area (Å²) in [6, 6.07) is 3.21. The highest BCUT2D eigenvalue weighted by atomic mass is 19.1. The highest BCUT2D eigenvalue weighted by Crippen LogP contribution is 2.41. The third-order valence-corrected chi connectivity index (χ3v) is 2.45.